The molecule has 1 aliphatic rings. The second-order valence-electron chi connectivity index (χ2n) is 5.68. The fourth-order valence-corrected chi connectivity index (χ4v) is 2.70. The number of nitrogens with zero attached hydrogens (tertiary/aromatic N) is 1. The van der Waals surface area contributed by atoms with Crippen LogP contribution in [0.1, 0.15) is 23.7 Å². The summed E-state index contributed by atoms with van der Waals surface area (Å²) in [6.45, 7) is 2.79. The zero-order chi connectivity index (χ0) is 14.3. The normalized spacial score (nSPS) is 22.4. The number of hydrogen-bond acceptors (Lipinski definition) is 2. The Morgan fingerprint density at radius 1 is 1.35 bits per heavy atom. The van der Waals surface area contributed by atoms with E-state index in [-0.39, 0.29) is 11.8 Å². The number of fused-ring (bicyclic) bond motifs is 1. The summed E-state index contributed by atoms with van der Waals surface area (Å²) < 4.78 is 0. The lowest BCUT2D eigenvalue weighted by molar-refractivity contribution is -0.126. The molecule has 1 fully saturated rings. The third-order valence-electron chi connectivity index (χ3n) is 4.16. The number of primary amides is 1. The number of H-pyrrole nitrogens is 1. The Labute approximate surface area is 116 Å². The van der Waals surface area contributed by atoms with Gasteiger partial charge in [0.1, 0.15) is 0 Å². The van der Waals surface area contributed by atoms with Crippen LogP contribution in [-0.4, -0.2) is 34.8 Å². The van der Waals surface area contributed by atoms with Gasteiger partial charge in [-0.2, -0.15) is 0 Å². The Morgan fingerprint density at radius 2 is 2.15 bits per heavy atom. The molecule has 1 unspecified atom stereocenters. The average Bonchev–Trinajstić information content (AvgIpc) is 3.04. The van der Waals surface area contributed by atoms with Crippen molar-refractivity contribution in [2.24, 2.45) is 11.1 Å². The molecule has 2 heterocycles. The number of rotatable bonds is 2. The molecule has 0 bridgehead atoms. The number of nitrogens with two attached hydrogens (primary N) is 1. The van der Waals surface area contributed by atoms with Crippen molar-refractivity contribution >= 4 is 22.7 Å². The van der Waals surface area contributed by atoms with E-state index in [0.29, 0.717) is 25.1 Å². The molecule has 20 heavy (non-hydrogen) atoms. The van der Waals surface area contributed by atoms with Gasteiger partial charge in [0.15, 0.2) is 0 Å². The highest BCUT2D eigenvalue weighted by Gasteiger charge is 2.40. The van der Waals surface area contributed by atoms with Crippen molar-refractivity contribution in [2.75, 3.05) is 13.1 Å². The SMILES string of the molecule is CC1(C(N)=O)CCN(C(=O)c2ccc3[nH]ccc3c2)C1. The minimum atomic E-state index is -0.603. The number of amides is 2. The van der Waals surface area contributed by atoms with E-state index in [1.165, 1.54) is 0 Å². The van der Waals surface area contributed by atoms with Gasteiger partial charge in [-0.05, 0) is 37.6 Å². The standard InChI is InChI=1S/C15H17N3O2/c1-15(14(16)20)5-7-18(9-15)13(19)11-2-3-12-10(8-11)4-6-17-12/h2-4,6,8,17H,5,7,9H2,1H3,(H2,16,20). The number of aromatic amines is 1. The number of likely N-dealkylation sites (tertiary alicyclic amines) is 1. The topological polar surface area (TPSA) is 79.2 Å². The van der Waals surface area contributed by atoms with Crippen LogP contribution in [0.25, 0.3) is 10.9 Å². The van der Waals surface area contributed by atoms with Gasteiger partial charge in [-0.25, -0.2) is 0 Å². The van der Waals surface area contributed by atoms with E-state index in [1.807, 2.05) is 31.3 Å². The number of hydrogen-bond donors (Lipinski definition) is 2. The van der Waals surface area contributed by atoms with Crippen LogP contribution in [0.15, 0.2) is 30.5 Å². The highest BCUT2D eigenvalue weighted by Crippen LogP contribution is 2.30. The Morgan fingerprint density at radius 3 is 2.85 bits per heavy atom. The van der Waals surface area contributed by atoms with Gasteiger partial charge in [0.25, 0.3) is 5.91 Å². The van der Waals surface area contributed by atoms with Crippen molar-refractivity contribution in [1.82, 2.24) is 9.88 Å². The molecule has 0 radical (unpaired) electrons. The van der Waals surface area contributed by atoms with Crippen LogP contribution in [-0.2, 0) is 4.79 Å². The summed E-state index contributed by atoms with van der Waals surface area (Å²) in [4.78, 5) is 28.7. The fraction of sp³-hybridized carbons (Fsp3) is 0.333. The zero-order valence-corrected chi connectivity index (χ0v) is 11.3. The molecule has 1 aliphatic heterocycles. The summed E-state index contributed by atoms with van der Waals surface area (Å²) in [7, 11) is 0. The Hall–Kier alpha value is -2.30. The maximum absolute atomic E-state index is 12.5. The summed E-state index contributed by atoms with van der Waals surface area (Å²) in [5.41, 5.74) is 6.46. The highest BCUT2D eigenvalue weighted by atomic mass is 16.2. The first-order chi connectivity index (χ1) is 9.49. The number of carbonyl (C=O) groups excluding carboxylic acids is 2. The second-order valence-corrected chi connectivity index (χ2v) is 5.68. The smallest absolute Gasteiger partial charge is 0.253 e. The third-order valence-corrected chi connectivity index (χ3v) is 4.16. The van der Waals surface area contributed by atoms with E-state index in [9.17, 15) is 9.59 Å². The van der Waals surface area contributed by atoms with Crippen LogP contribution in [0, 0.1) is 5.41 Å². The zero-order valence-electron chi connectivity index (χ0n) is 11.3. The van der Waals surface area contributed by atoms with Crippen LogP contribution in [0.5, 0.6) is 0 Å². The van der Waals surface area contributed by atoms with Gasteiger partial charge in [0.05, 0.1) is 5.41 Å². The van der Waals surface area contributed by atoms with Gasteiger partial charge < -0.3 is 15.6 Å². The molecule has 0 aliphatic carbocycles. The van der Waals surface area contributed by atoms with Crippen molar-refractivity contribution in [3.63, 3.8) is 0 Å². The lowest BCUT2D eigenvalue weighted by atomic mass is 9.89. The number of carbonyl (C=O) groups is 2. The number of benzene rings is 1. The van der Waals surface area contributed by atoms with E-state index in [4.69, 9.17) is 5.73 Å². The van der Waals surface area contributed by atoms with Crippen LogP contribution in [0.4, 0.5) is 0 Å². The van der Waals surface area contributed by atoms with Crippen molar-refractivity contribution < 1.29 is 9.59 Å². The second kappa shape index (κ2) is 4.37. The molecular formula is C15H17N3O2. The molecule has 3 N–H and O–H groups in total. The van der Waals surface area contributed by atoms with Crippen molar-refractivity contribution in [2.45, 2.75) is 13.3 Å². The average molecular weight is 271 g/mol. The maximum atomic E-state index is 12.5. The van der Waals surface area contributed by atoms with Crippen LogP contribution in [0.3, 0.4) is 0 Å². The van der Waals surface area contributed by atoms with Crippen LogP contribution < -0.4 is 5.73 Å². The highest BCUT2D eigenvalue weighted by molar-refractivity contribution is 5.98. The maximum Gasteiger partial charge on any atom is 0.253 e. The molecule has 3 rings (SSSR count). The first kappa shape index (κ1) is 12.7. The molecule has 104 valence electrons. The van der Waals surface area contributed by atoms with Gasteiger partial charge in [-0.1, -0.05) is 0 Å². The molecule has 2 aromatic rings. The molecule has 2 amide bonds. The summed E-state index contributed by atoms with van der Waals surface area (Å²) in [5.74, 6) is -0.382. The van der Waals surface area contributed by atoms with Crippen molar-refractivity contribution in [1.29, 1.82) is 0 Å². The van der Waals surface area contributed by atoms with E-state index in [1.54, 1.807) is 11.0 Å². The molecule has 1 aromatic heterocycles. The lowest BCUT2D eigenvalue weighted by Crippen LogP contribution is -2.38. The van der Waals surface area contributed by atoms with Gasteiger partial charge in [-0.15, -0.1) is 0 Å². The summed E-state index contributed by atoms with van der Waals surface area (Å²) in [5, 5.41) is 1.01. The molecule has 5 nitrogen and oxygen atoms in total. The van der Waals surface area contributed by atoms with E-state index in [2.05, 4.69) is 4.98 Å². The summed E-state index contributed by atoms with van der Waals surface area (Å²) in [6.07, 6.45) is 2.47. The van der Waals surface area contributed by atoms with Crippen LogP contribution >= 0.6 is 0 Å². The first-order valence-electron chi connectivity index (χ1n) is 6.66. The van der Waals surface area contributed by atoms with E-state index in [0.717, 1.165) is 10.9 Å². The molecule has 5 heteroatoms. The van der Waals surface area contributed by atoms with Gasteiger partial charge in [0.2, 0.25) is 5.91 Å². The Kier molecular flexibility index (Phi) is 2.78. The Balaban J connectivity index is 1.84. The molecule has 0 spiro atoms. The fourth-order valence-electron chi connectivity index (χ4n) is 2.70. The van der Waals surface area contributed by atoms with Crippen LogP contribution in [0.2, 0.25) is 0 Å². The molecule has 1 aromatic carbocycles. The van der Waals surface area contributed by atoms with Gasteiger partial charge in [0, 0.05) is 35.8 Å². The summed E-state index contributed by atoms with van der Waals surface area (Å²) >= 11 is 0. The third kappa shape index (κ3) is 1.95. The van der Waals surface area contributed by atoms with E-state index >= 15 is 0 Å². The van der Waals surface area contributed by atoms with E-state index < -0.39 is 5.41 Å². The summed E-state index contributed by atoms with van der Waals surface area (Å²) in [6, 6.07) is 7.50. The molecular weight excluding hydrogens is 254 g/mol. The lowest BCUT2D eigenvalue weighted by Gasteiger charge is -2.21. The molecule has 1 saturated heterocycles. The van der Waals surface area contributed by atoms with Gasteiger partial charge in [-0.3, -0.25) is 9.59 Å². The molecule has 1 atom stereocenters. The Bertz CT molecular complexity index is 691. The minimum absolute atomic E-state index is 0.0434. The van der Waals surface area contributed by atoms with Crippen molar-refractivity contribution in [3.05, 3.63) is 36.0 Å². The number of aromatic nitrogens is 1. The largest absolute Gasteiger partial charge is 0.369 e. The van der Waals surface area contributed by atoms with Gasteiger partial charge >= 0.3 is 0 Å². The first-order valence-corrected chi connectivity index (χ1v) is 6.66. The monoisotopic (exact) mass is 271 g/mol. The molecule has 0 saturated carbocycles. The predicted octanol–water partition coefficient (Wildman–Crippen LogP) is 1.51. The van der Waals surface area contributed by atoms with Crippen molar-refractivity contribution in [3.8, 4) is 0 Å². The number of nitrogens with one attached hydrogen (secondary N) is 1. The predicted molar refractivity (Wildman–Crippen MR) is 76.1 cm³/mol. The minimum Gasteiger partial charge on any atom is -0.369 e. The quantitative estimate of drug-likeness (QED) is 0.868.